The number of nitrogens with zero attached hydrogens (tertiary/aromatic N) is 1. The van der Waals surface area contributed by atoms with Crippen molar-refractivity contribution in [3.63, 3.8) is 0 Å². The van der Waals surface area contributed by atoms with Crippen LogP contribution in [0, 0.1) is 0 Å². The van der Waals surface area contributed by atoms with E-state index in [0.717, 1.165) is 16.7 Å². The van der Waals surface area contributed by atoms with Crippen molar-refractivity contribution in [2.75, 3.05) is 19.8 Å². The average molecular weight is 433 g/mol. The summed E-state index contributed by atoms with van der Waals surface area (Å²) >= 11 is 0. The fourth-order valence-corrected chi connectivity index (χ4v) is 3.82. The topological polar surface area (TPSA) is 48.0 Å². The van der Waals surface area contributed by atoms with Crippen LogP contribution in [0.4, 0.5) is 18.0 Å². The quantitative estimate of drug-likeness (QED) is 0.678. The lowest BCUT2D eigenvalue weighted by Crippen LogP contribution is -2.56. The molecule has 0 N–H and O–H groups in total. The number of benzene rings is 2. The first kappa shape index (κ1) is 21.2. The van der Waals surface area contributed by atoms with Gasteiger partial charge in [0.05, 0.1) is 25.3 Å². The van der Waals surface area contributed by atoms with Crippen molar-refractivity contribution in [2.24, 2.45) is 0 Å². The van der Waals surface area contributed by atoms with Crippen LogP contribution in [0.3, 0.4) is 0 Å². The molecule has 2 bridgehead atoms. The Morgan fingerprint density at radius 1 is 1.06 bits per heavy atom. The van der Waals surface area contributed by atoms with Gasteiger partial charge in [-0.05, 0) is 35.3 Å². The SMILES string of the molecule is O=C(OCc1ccccc1)N1C2C=C(c3ccc(OCC(F)(F)F)cc3)CC1COC2. The Bertz CT molecular complexity index is 928. The fourth-order valence-electron chi connectivity index (χ4n) is 3.82. The Hall–Kier alpha value is -3.00. The number of carbonyl (C=O) groups is 1. The van der Waals surface area contributed by atoms with Crippen molar-refractivity contribution in [3.8, 4) is 5.75 Å². The van der Waals surface area contributed by atoms with Crippen molar-refractivity contribution < 1.29 is 32.2 Å². The summed E-state index contributed by atoms with van der Waals surface area (Å²) in [4.78, 5) is 14.5. The summed E-state index contributed by atoms with van der Waals surface area (Å²) in [6.45, 7) is -0.350. The molecule has 2 aromatic carbocycles. The van der Waals surface area contributed by atoms with E-state index in [0.29, 0.717) is 19.6 Å². The maximum absolute atomic E-state index is 12.7. The lowest BCUT2D eigenvalue weighted by molar-refractivity contribution is -0.153. The Morgan fingerprint density at radius 3 is 2.48 bits per heavy atom. The summed E-state index contributed by atoms with van der Waals surface area (Å²) in [5.74, 6) is 0.159. The zero-order valence-electron chi connectivity index (χ0n) is 16.7. The van der Waals surface area contributed by atoms with E-state index in [1.54, 1.807) is 17.0 Å². The number of hydrogen-bond acceptors (Lipinski definition) is 4. The van der Waals surface area contributed by atoms with Gasteiger partial charge in [-0.3, -0.25) is 4.90 Å². The van der Waals surface area contributed by atoms with Crippen LogP contribution in [-0.2, 0) is 16.1 Å². The molecule has 0 aromatic heterocycles. The third-order valence-electron chi connectivity index (χ3n) is 5.24. The van der Waals surface area contributed by atoms with Crippen LogP contribution in [0.15, 0.2) is 60.7 Å². The van der Waals surface area contributed by atoms with Gasteiger partial charge in [-0.15, -0.1) is 0 Å². The zero-order chi connectivity index (χ0) is 21.8. The van der Waals surface area contributed by atoms with Crippen LogP contribution < -0.4 is 4.74 Å². The molecule has 0 saturated carbocycles. The molecule has 0 spiro atoms. The maximum Gasteiger partial charge on any atom is 0.422 e. The van der Waals surface area contributed by atoms with E-state index in [1.807, 2.05) is 36.4 Å². The van der Waals surface area contributed by atoms with Crippen LogP contribution in [0.5, 0.6) is 5.75 Å². The number of halogens is 3. The van der Waals surface area contributed by atoms with Crippen molar-refractivity contribution in [3.05, 3.63) is 71.8 Å². The molecule has 1 saturated heterocycles. The molecule has 0 radical (unpaired) electrons. The molecule has 2 aromatic rings. The number of alkyl halides is 3. The lowest BCUT2D eigenvalue weighted by Gasteiger charge is -2.43. The third-order valence-corrected chi connectivity index (χ3v) is 5.24. The van der Waals surface area contributed by atoms with E-state index in [9.17, 15) is 18.0 Å². The second kappa shape index (κ2) is 9.01. The molecular formula is C23H22F3NO4. The van der Waals surface area contributed by atoms with Gasteiger partial charge < -0.3 is 14.2 Å². The monoisotopic (exact) mass is 433 g/mol. The summed E-state index contributed by atoms with van der Waals surface area (Å²) in [5, 5.41) is 0. The van der Waals surface area contributed by atoms with Gasteiger partial charge in [0.1, 0.15) is 12.4 Å². The summed E-state index contributed by atoms with van der Waals surface area (Å²) in [7, 11) is 0. The van der Waals surface area contributed by atoms with Crippen LogP contribution in [-0.4, -0.2) is 49.1 Å². The second-order valence-corrected chi connectivity index (χ2v) is 7.53. The van der Waals surface area contributed by atoms with Gasteiger partial charge in [-0.25, -0.2) is 4.79 Å². The minimum absolute atomic E-state index is 0.159. The standard InChI is InChI=1S/C23H22F3NO4/c24-23(25,26)15-31-21-8-6-17(7-9-21)18-10-19-13-29-14-20(11-18)27(19)22(28)30-12-16-4-2-1-3-5-16/h1-10,19-20H,11-15H2. The molecule has 2 atom stereocenters. The summed E-state index contributed by atoms with van der Waals surface area (Å²) in [5.41, 5.74) is 2.82. The van der Waals surface area contributed by atoms with E-state index in [-0.39, 0.29) is 30.5 Å². The molecule has 4 rings (SSSR count). The van der Waals surface area contributed by atoms with Gasteiger partial charge in [0, 0.05) is 0 Å². The Balaban J connectivity index is 1.42. The molecule has 164 valence electrons. The number of carbonyl (C=O) groups excluding carboxylic acids is 1. The first-order valence-electron chi connectivity index (χ1n) is 9.96. The fraction of sp³-hybridized carbons (Fsp3) is 0.348. The average Bonchev–Trinajstić information content (AvgIpc) is 2.76. The van der Waals surface area contributed by atoms with Crippen molar-refractivity contribution >= 4 is 11.7 Å². The highest BCUT2D eigenvalue weighted by Gasteiger charge is 2.39. The number of rotatable bonds is 5. The number of amides is 1. The Kier molecular flexibility index (Phi) is 6.18. The summed E-state index contributed by atoms with van der Waals surface area (Å²) in [6.07, 6.45) is -2.22. The molecule has 31 heavy (non-hydrogen) atoms. The van der Waals surface area contributed by atoms with Crippen molar-refractivity contribution in [1.29, 1.82) is 0 Å². The molecular weight excluding hydrogens is 411 g/mol. The van der Waals surface area contributed by atoms with E-state index in [4.69, 9.17) is 14.2 Å². The molecule has 2 heterocycles. The molecule has 1 fully saturated rings. The number of hydrogen-bond donors (Lipinski definition) is 0. The predicted molar refractivity (Wildman–Crippen MR) is 107 cm³/mol. The molecule has 5 nitrogen and oxygen atoms in total. The van der Waals surface area contributed by atoms with Gasteiger partial charge >= 0.3 is 12.3 Å². The molecule has 2 unspecified atom stereocenters. The number of fused-ring (bicyclic) bond motifs is 2. The summed E-state index contributed by atoms with van der Waals surface area (Å²) < 4.78 is 52.8. The number of morpholine rings is 1. The lowest BCUT2D eigenvalue weighted by atomic mass is 9.90. The normalized spacial score (nSPS) is 20.7. The Morgan fingerprint density at radius 2 is 1.81 bits per heavy atom. The Labute approximate surface area is 178 Å². The minimum Gasteiger partial charge on any atom is -0.484 e. The highest BCUT2D eigenvalue weighted by molar-refractivity contribution is 5.74. The van der Waals surface area contributed by atoms with Crippen LogP contribution >= 0.6 is 0 Å². The maximum atomic E-state index is 12.7. The molecule has 1 amide bonds. The van der Waals surface area contributed by atoms with Gasteiger partial charge in [-0.1, -0.05) is 48.5 Å². The number of ether oxygens (including phenoxy) is 3. The summed E-state index contributed by atoms with van der Waals surface area (Å²) in [6, 6.07) is 15.6. The van der Waals surface area contributed by atoms with Gasteiger partial charge in [0.2, 0.25) is 0 Å². The van der Waals surface area contributed by atoms with E-state index in [2.05, 4.69) is 0 Å². The molecule has 0 aliphatic carbocycles. The van der Waals surface area contributed by atoms with Crippen molar-refractivity contribution in [2.45, 2.75) is 31.3 Å². The highest BCUT2D eigenvalue weighted by Crippen LogP contribution is 2.34. The van der Waals surface area contributed by atoms with E-state index < -0.39 is 12.8 Å². The second-order valence-electron chi connectivity index (χ2n) is 7.53. The molecule has 8 heteroatoms. The molecule has 2 aliphatic rings. The van der Waals surface area contributed by atoms with Crippen LogP contribution in [0.1, 0.15) is 17.5 Å². The van der Waals surface area contributed by atoms with Crippen LogP contribution in [0.2, 0.25) is 0 Å². The first-order chi connectivity index (χ1) is 14.9. The molecule has 2 aliphatic heterocycles. The largest absolute Gasteiger partial charge is 0.484 e. The van der Waals surface area contributed by atoms with Gasteiger partial charge in [-0.2, -0.15) is 13.2 Å². The first-order valence-corrected chi connectivity index (χ1v) is 9.96. The predicted octanol–water partition coefficient (Wildman–Crippen LogP) is 4.82. The van der Waals surface area contributed by atoms with Gasteiger partial charge in [0.25, 0.3) is 0 Å². The smallest absolute Gasteiger partial charge is 0.422 e. The van der Waals surface area contributed by atoms with E-state index >= 15 is 0 Å². The van der Waals surface area contributed by atoms with Crippen LogP contribution in [0.25, 0.3) is 5.57 Å². The highest BCUT2D eigenvalue weighted by atomic mass is 19.4. The van der Waals surface area contributed by atoms with E-state index in [1.165, 1.54) is 12.1 Å². The zero-order valence-corrected chi connectivity index (χ0v) is 16.7. The third kappa shape index (κ3) is 5.38. The van der Waals surface area contributed by atoms with Crippen molar-refractivity contribution in [1.82, 2.24) is 4.90 Å². The minimum atomic E-state index is -4.37. The van der Waals surface area contributed by atoms with Gasteiger partial charge in [0.15, 0.2) is 6.61 Å².